The highest BCUT2D eigenvalue weighted by Crippen LogP contribution is 2.24. The molecule has 1 aliphatic heterocycles. The normalized spacial score (nSPS) is 29.9. The molecule has 2 N–H and O–H groups in total. The van der Waals surface area contributed by atoms with E-state index >= 15 is 0 Å². The zero-order chi connectivity index (χ0) is 12.3. The van der Waals surface area contributed by atoms with E-state index in [1.807, 2.05) is 4.90 Å². The van der Waals surface area contributed by atoms with Gasteiger partial charge in [-0.25, -0.2) is 0 Å². The third-order valence-electron chi connectivity index (χ3n) is 3.99. The molecule has 2 unspecified atom stereocenters. The van der Waals surface area contributed by atoms with E-state index in [0.29, 0.717) is 12.1 Å². The minimum atomic E-state index is -0.326. The molecule has 1 saturated heterocycles. The maximum absolute atomic E-state index is 12.3. The highest BCUT2D eigenvalue weighted by atomic mass is 16.2. The second kappa shape index (κ2) is 5.67. The summed E-state index contributed by atoms with van der Waals surface area (Å²) in [6, 6.07) is 0.380. The third kappa shape index (κ3) is 2.76. The van der Waals surface area contributed by atoms with Crippen LogP contribution in [0.15, 0.2) is 0 Å². The zero-order valence-corrected chi connectivity index (χ0v) is 11.1. The number of hydrogen-bond acceptors (Lipinski definition) is 2. The molecular formula is C13H26N2O. The summed E-state index contributed by atoms with van der Waals surface area (Å²) in [6.45, 7) is 8.41. The molecule has 0 spiro atoms. The van der Waals surface area contributed by atoms with Crippen molar-refractivity contribution in [2.45, 2.75) is 71.5 Å². The van der Waals surface area contributed by atoms with Crippen LogP contribution >= 0.6 is 0 Å². The molecule has 94 valence electrons. The van der Waals surface area contributed by atoms with Gasteiger partial charge < -0.3 is 10.6 Å². The molecule has 0 saturated carbocycles. The summed E-state index contributed by atoms with van der Waals surface area (Å²) in [5.41, 5.74) is 6.04. The number of hydrogen-bond donors (Lipinski definition) is 1. The molecule has 3 nitrogen and oxygen atoms in total. The number of amides is 1. The van der Waals surface area contributed by atoms with E-state index in [-0.39, 0.29) is 17.9 Å². The van der Waals surface area contributed by atoms with Crippen LogP contribution in [0.2, 0.25) is 0 Å². The Hall–Kier alpha value is -0.570. The molecule has 16 heavy (non-hydrogen) atoms. The fraction of sp³-hybridized carbons (Fsp3) is 0.923. The number of carbonyl (C=O) groups is 1. The van der Waals surface area contributed by atoms with Gasteiger partial charge in [-0.15, -0.1) is 0 Å². The lowest BCUT2D eigenvalue weighted by Crippen LogP contribution is -2.55. The van der Waals surface area contributed by atoms with Gasteiger partial charge in [-0.2, -0.15) is 0 Å². The summed E-state index contributed by atoms with van der Waals surface area (Å²) in [5.74, 6) is 0.419. The van der Waals surface area contributed by atoms with E-state index in [1.165, 1.54) is 6.42 Å². The third-order valence-corrected chi connectivity index (χ3v) is 3.99. The summed E-state index contributed by atoms with van der Waals surface area (Å²) >= 11 is 0. The first-order chi connectivity index (χ1) is 7.49. The topological polar surface area (TPSA) is 46.3 Å². The summed E-state index contributed by atoms with van der Waals surface area (Å²) in [7, 11) is 0. The van der Waals surface area contributed by atoms with Crippen LogP contribution in [0.5, 0.6) is 0 Å². The van der Waals surface area contributed by atoms with Gasteiger partial charge in [0.2, 0.25) is 5.91 Å². The van der Waals surface area contributed by atoms with Crippen molar-refractivity contribution in [2.24, 2.45) is 11.7 Å². The average molecular weight is 226 g/mol. The minimum absolute atomic E-state index is 0.147. The van der Waals surface area contributed by atoms with Gasteiger partial charge in [0.05, 0.1) is 6.04 Å². The second-order valence-corrected chi connectivity index (χ2v) is 5.29. The van der Waals surface area contributed by atoms with Crippen LogP contribution in [-0.4, -0.2) is 28.9 Å². The Balaban J connectivity index is 2.70. The molecule has 0 aromatic carbocycles. The Morgan fingerprint density at radius 1 is 1.38 bits per heavy atom. The predicted octanol–water partition coefficient (Wildman–Crippen LogP) is 2.15. The smallest absolute Gasteiger partial charge is 0.240 e. The monoisotopic (exact) mass is 226 g/mol. The highest BCUT2D eigenvalue weighted by molar-refractivity contribution is 5.82. The lowest BCUT2D eigenvalue weighted by Gasteiger charge is -2.41. The maximum atomic E-state index is 12.3. The van der Waals surface area contributed by atoms with Crippen molar-refractivity contribution in [1.82, 2.24) is 4.90 Å². The lowest BCUT2D eigenvalue weighted by molar-refractivity contribution is -0.139. The van der Waals surface area contributed by atoms with Gasteiger partial charge >= 0.3 is 0 Å². The number of piperidine rings is 1. The molecule has 1 aliphatic rings. The van der Waals surface area contributed by atoms with E-state index in [9.17, 15) is 4.79 Å². The van der Waals surface area contributed by atoms with Crippen LogP contribution in [0.25, 0.3) is 0 Å². The van der Waals surface area contributed by atoms with Crippen molar-refractivity contribution in [3.05, 3.63) is 0 Å². The van der Waals surface area contributed by atoms with Gasteiger partial charge in [0.15, 0.2) is 0 Å². The Labute approximate surface area is 99.4 Å². The van der Waals surface area contributed by atoms with E-state index in [2.05, 4.69) is 27.7 Å². The van der Waals surface area contributed by atoms with E-state index in [4.69, 9.17) is 5.73 Å². The van der Waals surface area contributed by atoms with E-state index in [0.717, 1.165) is 19.3 Å². The number of likely N-dealkylation sites (tertiary alicyclic amines) is 1. The van der Waals surface area contributed by atoms with Crippen LogP contribution in [0, 0.1) is 5.92 Å². The highest BCUT2D eigenvalue weighted by Gasteiger charge is 2.33. The van der Waals surface area contributed by atoms with Gasteiger partial charge in [0.1, 0.15) is 0 Å². The quantitative estimate of drug-likeness (QED) is 0.801. The van der Waals surface area contributed by atoms with Gasteiger partial charge in [0.25, 0.3) is 0 Å². The molecule has 0 bridgehead atoms. The zero-order valence-electron chi connectivity index (χ0n) is 11.1. The fourth-order valence-electron chi connectivity index (χ4n) is 2.53. The van der Waals surface area contributed by atoms with Gasteiger partial charge in [-0.1, -0.05) is 20.3 Å². The Bertz CT molecular complexity index is 232. The fourth-order valence-corrected chi connectivity index (χ4v) is 2.53. The molecule has 1 rings (SSSR count). The van der Waals surface area contributed by atoms with Gasteiger partial charge in [0, 0.05) is 12.1 Å². The van der Waals surface area contributed by atoms with Crippen molar-refractivity contribution in [3.63, 3.8) is 0 Å². The largest absolute Gasteiger partial charge is 0.336 e. The molecular weight excluding hydrogens is 200 g/mol. The van der Waals surface area contributed by atoms with Crippen LogP contribution < -0.4 is 5.73 Å². The average Bonchev–Trinajstić information content (AvgIpc) is 2.26. The molecule has 0 aromatic rings. The van der Waals surface area contributed by atoms with Crippen LogP contribution in [0.1, 0.15) is 53.4 Å². The predicted molar refractivity (Wildman–Crippen MR) is 67.1 cm³/mol. The Morgan fingerprint density at radius 3 is 2.31 bits per heavy atom. The molecule has 1 heterocycles. The first kappa shape index (κ1) is 13.5. The number of nitrogens with two attached hydrogens (primary N) is 1. The first-order valence-electron chi connectivity index (χ1n) is 6.56. The van der Waals surface area contributed by atoms with Crippen LogP contribution in [0.4, 0.5) is 0 Å². The van der Waals surface area contributed by atoms with Crippen molar-refractivity contribution < 1.29 is 4.79 Å². The summed E-state index contributed by atoms with van der Waals surface area (Å²) in [5, 5.41) is 0. The number of rotatable bonds is 3. The SMILES string of the molecule is CCC(C)C(N)C(=O)N1[C@H](C)CCC[C@@H]1C. The molecule has 0 aromatic heterocycles. The van der Waals surface area contributed by atoms with Crippen LogP contribution in [0.3, 0.4) is 0 Å². The maximum Gasteiger partial charge on any atom is 0.240 e. The van der Waals surface area contributed by atoms with E-state index < -0.39 is 0 Å². The standard InChI is InChI=1S/C13H26N2O/c1-5-9(2)12(14)13(16)15-10(3)7-6-8-11(15)4/h9-12H,5-8,14H2,1-4H3/t9?,10-,11+,12?. The van der Waals surface area contributed by atoms with Gasteiger partial charge in [-0.05, 0) is 39.0 Å². The van der Waals surface area contributed by atoms with Crippen LogP contribution in [-0.2, 0) is 4.79 Å². The second-order valence-electron chi connectivity index (χ2n) is 5.29. The molecule has 0 radical (unpaired) electrons. The van der Waals surface area contributed by atoms with Crippen molar-refractivity contribution in [3.8, 4) is 0 Å². The molecule has 4 atom stereocenters. The minimum Gasteiger partial charge on any atom is -0.336 e. The molecule has 1 amide bonds. The van der Waals surface area contributed by atoms with Crippen molar-refractivity contribution in [1.29, 1.82) is 0 Å². The summed E-state index contributed by atoms with van der Waals surface area (Å²) in [4.78, 5) is 14.3. The van der Waals surface area contributed by atoms with Gasteiger partial charge in [-0.3, -0.25) is 4.79 Å². The summed E-state index contributed by atoms with van der Waals surface area (Å²) in [6.07, 6.45) is 4.42. The molecule has 0 aliphatic carbocycles. The first-order valence-corrected chi connectivity index (χ1v) is 6.56. The van der Waals surface area contributed by atoms with Crippen molar-refractivity contribution >= 4 is 5.91 Å². The Morgan fingerprint density at radius 2 is 1.88 bits per heavy atom. The Kier molecular flexibility index (Phi) is 4.78. The molecule has 3 heteroatoms. The van der Waals surface area contributed by atoms with Crippen molar-refractivity contribution in [2.75, 3.05) is 0 Å². The molecule has 1 fully saturated rings. The lowest BCUT2D eigenvalue weighted by atomic mass is 9.93. The number of carbonyl (C=O) groups excluding carboxylic acids is 1. The summed E-state index contributed by atoms with van der Waals surface area (Å²) < 4.78 is 0. The number of nitrogens with zero attached hydrogens (tertiary/aromatic N) is 1. The van der Waals surface area contributed by atoms with E-state index in [1.54, 1.807) is 0 Å².